The predicted octanol–water partition coefficient (Wildman–Crippen LogP) is 5.50. The number of benzene rings is 1. The Balaban J connectivity index is 1.97. The number of hydrogen-bond donors (Lipinski definition) is 0. The van der Waals surface area contributed by atoms with Gasteiger partial charge >= 0.3 is 0 Å². The molecule has 3 rings (SSSR count). The molecule has 0 saturated heterocycles. The van der Waals surface area contributed by atoms with E-state index in [9.17, 15) is 4.79 Å². The van der Waals surface area contributed by atoms with Gasteiger partial charge in [-0.05, 0) is 63.8 Å². The second-order valence-electron chi connectivity index (χ2n) is 7.80. The average Bonchev–Trinajstić information content (AvgIpc) is 2.92. The Morgan fingerprint density at radius 3 is 2.32 bits per heavy atom. The molecule has 0 N–H and O–H groups in total. The van der Waals surface area contributed by atoms with E-state index in [2.05, 4.69) is 51.3 Å². The van der Waals surface area contributed by atoms with Crippen molar-refractivity contribution >= 4 is 17.6 Å². The highest BCUT2D eigenvalue weighted by molar-refractivity contribution is 7.11. The van der Waals surface area contributed by atoms with Gasteiger partial charge in [0.2, 0.25) is 0 Å². The number of carbonyl (C=O) groups is 1. The zero-order chi connectivity index (χ0) is 16.0. The molecule has 0 amide bonds. The van der Waals surface area contributed by atoms with Gasteiger partial charge in [0.1, 0.15) is 0 Å². The van der Waals surface area contributed by atoms with Gasteiger partial charge in [-0.15, -0.1) is 11.3 Å². The first-order valence-electron chi connectivity index (χ1n) is 7.98. The number of thiophene rings is 1. The van der Waals surface area contributed by atoms with Crippen LogP contribution in [0.25, 0.3) is 0 Å². The van der Waals surface area contributed by atoms with Crippen molar-refractivity contribution in [2.24, 2.45) is 0 Å². The van der Waals surface area contributed by atoms with Gasteiger partial charge in [0.05, 0.1) is 4.88 Å². The Bertz CT molecular complexity index is 706. The summed E-state index contributed by atoms with van der Waals surface area (Å²) in [4.78, 5) is 11.6. The van der Waals surface area contributed by atoms with Crippen LogP contribution in [-0.4, -0.2) is 6.29 Å². The van der Waals surface area contributed by atoms with Gasteiger partial charge in [0.15, 0.2) is 6.29 Å². The first-order valence-corrected chi connectivity index (χ1v) is 8.86. The van der Waals surface area contributed by atoms with Crippen molar-refractivity contribution < 1.29 is 4.79 Å². The topological polar surface area (TPSA) is 17.1 Å². The molecule has 0 atom stereocenters. The monoisotopic (exact) mass is 312 g/mol. The van der Waals surface area contributed by atoms with Gasteiger partial charge in [0, 0.05) is 0 Å². The second-order valence-corrected chi connectivity index (χ2v) is 8.74. The molecule has 1 aromatic carbocycles. The SMILES string of the molecule is CC1(C)CCC(C)(C)c2cc(Cc3csc(C=O)c3)ccc21. The summed E-state index contributed by atoms with van der Waals surface area (Å²) < 4.78 is 0. The van der Waals surface area contributed by atoms with Crippen LogP contribution >= 0.6 is 11.3 Å². The summed E-state index contributed by atoms with van der Waals surface area (Å²) in [5.74, 6) is 0. The molecule has 1 nitrogen and oxygen atoms in total. The van der Waals surface area contributed by atoms with Crippen molar-refractivity contribution in [3.05, 3.63) is 56.8 Å². The lowest BCUT2D eigenvalue weighted by Gasteiger charge is -2.42. The van der Waals surface area contributed by atoms with Crippen LogP contribution in [0.1, 0.15) is 72.5 Å². The molecular formula is C20H24OS. The van der Waals surface area contributed by atoms with Crippen LogP contribution in [0.3, 0.4) is 0 Å². The van der Waals surface area contributed by atoms with Gasteiger partial charge in [-0.1, -0.05) is 45.9 Å². The van der Waals surface area contributed by atoms with Crippen molar-refractivity contribution in [3.8, 4) is 0 Å². The Morgan fingerprint density at radius 2 is 1.68 bits per heavy atom. The van der Waals surface area contributed by atoms with E-state index in [0.717, 1.165) is 17.6 Å². The van der Waals surface area contributed by atoms with E-state index >= 15 is 0 Å². The Morgan fingerprint density at radius 1 is 1.00 bits per heavy atom. The summed E-state index contributed by atoms with van der Waals surface area (Å²) >= 11 is 1.53. The molecule has 0 radical (unpaired) electrons. The quantitative estimate of drug-likeness (QED) is 0.684. The third-order valence-corrected chi connectivity index (χ3v) is 6.02. The maximum absolute atomic E-state index is 10.8. The number of aldehydes is 1. The van der Waals surface area contributed by atoms with E-state index in [1.807, 2.05) is 6.07 Å². The van der Waals surface area contributed by atoms with E-state index in [4.69, 9.17) is 0 Å². The van der Waals surface area contributed by atoms with Crippen LogP contribution in [0, 0.1) is 0 Å². The second kappa shape index (κ2) is 5.34. The Hall–Kier alpha value is -1.41. The van der Waals surface area contributed by atoms with E-state index in [-0.39, 0.29) is 10.8 Å². The largest absolute Gasteiger partial charge is 0.297 e. The molecule has 1 heterocycles. The Labute approximate surface area is 137 Å². The maximum atomic E-state index is 10.8. The number of carbonyl (C=O) groups excluding carboxylic acids is 1. The van der Waals surface area contributed by atoms with Crippen molar-refractivity contribution in [3.63, 3.8) is 0 Å². The Kier molecular flexibility index (Phi) is 3.76. The van der Waals surface area contributed by atoms with Gasteiger partial charge in [-0.25, -0.2) is 0 Å². The first kappa shape index (κ1) is 15.5. The molecule has 0 spiro atoms. The summed E-state index contributed by atoms with van der Waals surface area (Å²) in [5, 5.41) is 2.10. The lowest BCUT2D eigenvalue weighted by molar-refractivity contribution is 0.112. The van der Waals surface area contributed by atoms with E-state index < -0.39 is 0 Å². The number of hydrogen-bond acceptors (Lipinski definition) is 2. The van der Waals surface area contributed by atoms with E-state index in [1.54, 1.807) is 0 Å². The summed E-state index contributed by atoms with van der Waals surface area (Å²) in [6, 6.07) is 9.00. The molecule has 1 aliphatic carbocycles. The van der Waals surface area contributed by atoms with Crippen LogP contribution in [0.2, 0.25) is 0 Å². The van der Waals surface area contributed by atoms with Gasteiger partial charge in [-0.2, -0.15) is 0 Å². The molecule has 1 aromatic heterocycles. The van der Waals surface area contributed by atoms with E-state index in [1.165, 1.54) is 46.4 Å². The smallest absolute Gasteiger partial charge is 0.160 e. The molecule has 116 valence electrons. The normalized spacial score (nSPS) is 18.7. The van der Waals surface area contributed by atoms with E-state index in [0.29, 0.717) is 0 Å². The molecule has 0 saturated carbocycles. The summed E-state index contributed by atoms with van der Waals surface area (Å²) in [7, 11) is 0. The lowest BCUT2D eigenvalue weighted by Crippen LogP contribution is -2.33. The van der Waals surface area contributed by atoms with Crippen LogP contribution in [0.5, 0.6) is 0 Å². The zero-order valence-electron chi connectivity index (χ0n) is 13.9. The lowest BCUT2D eigenvalue weighted by atomic mass is 9.63. The molecule has 0 aliphatic heterocycles. The van der Waals surface area contributed by atoms with Crippen molar-refractivity contribution in [1.29, 1.82) is 0 Å². The molecular weight excluding hydrogens is 288 g/mol. The minimum absolute atomic E-state index is 0.253. The van der Waals surface area contributed by atoms with Gasteiger partial charge < -0.3 is 0 Å². The molecule has 2 heteroatoms. The minimum atomic E-state index is 0.253. The molecule has 0 fully saturated rings. The van der Waals surface area contributed by atoms with Crippen LogP contribution < -0.4 is 0 Å². The first-order chi connectivity index (χ1) is 10.3. The molecule has 0 bridgehead atoms. The fraction of sp³-hybridized carbons (Fsp3) is 0.450. The van der Waals surface area contributed by atoms with Crippen LogP contribution in [-0.2, 0) is 17.3 Å². The molecule has 0 unspecified atom stereocenters. The highest BCUT2D eigenvalue weighted by Gasteiger charge is 2.36. The van der Waals surface area contributed by atoms with Crippen molar-refractivity contribution in [1.82, 2.24) is 0 Å². The summed E-state index contributed by atoms with van der Waals surface area (Å²) in [6.07, 6.45) is 4.34. The van der Waals surface area contributed by atoms with Gasteiger partial charge in [0.25, 0.3) is 0 Å². The minimum Gasteiger partial charge on any atom is -0.297 e. The predicted molar refractivity (Wildman–Crippen MR) is 94.2 cm³/mol. The summed E-state index contributed by atoms with van der Waals surface area (Å²) in [5.41, 5.74) is 6.12. The average molecular weight is 312 g/mol. The highest BCUT2D eigenvalue weighted by Crippen LogP contribution is 2.46. The third kappa shape index (κ3) is 2.77. The van der Waals surface area contributed by atoms with Crippen LogP contribution in [0.4, 0.5) is 0 Å². The fourth-order valence-electron chi connectivity index (χ4n) is 3.53. The zero-order valence-corrected chi connectivity index (χ0v) is 14.7. The van der Waals surface area contributed by atoms with Crippen molar-refractivity contribution in [2.75, 3.05) is 0 Å². The van der Waals surface area contributed by atoms with Crippen molar-refractivity contribution in [2.45, 2.75) is 57.8 Å². The summed E-state index contributed by atoms with van der Waals surface area (Å²) in [6.45, 7) is 9.44. The molecule has 2 aromatic rings. The number of fused-ring (bicyclic) bond motifs is 1. The molecule has 1 aliphatic rings. The number of rotatable bonds is 3. The highest BCUT2D eigenvalue weighted by atomic mass is 32.1. The third-order valence-electron chi connectivity index (χ3n) is 5.12. The van der Waals surface area contributed by atoms with Crippen LogP contribution in [0.15, 0.2) is 29.6 Å². The fourth-order valence-corrected chi connectivity index (χ4v) is 4.24. The standard InChI is InChI=1S/C20H24OS/c1-19(2)7-8-20(3,4)18-11-14(5-6-17(18)19)9-15-10-16(12-21)22-13-15/h5-6,10-13H,7-9H2,1-4H3. The van der Waals surface area contributed by atoms with Gasteiger partial charge in [-0.3, -0.25) is 4.79 Å². The molecule has 22 heavy (non-hydrogen) atoms. The maximum Gasteiger partial charge on any atom is 0.160 e.